The number of carbonyl (C=O) groups excluding carboxylic acids is 1. The summed E-state index contributed by atoms with van der Waals surface area (Å²) in [6, 6.07) is 12.2. The van der Waals surface area contributed by atoms with Crippen LogP contribution in [0.15, 0.2) is 48.8 Å². The molecule has 6 nitrogen and oxygen atoms in total. The molecular weight excluding hydrogens is 336 g/mol. The van der Waals surface area contributed by atoms with Crippen LogP contribution in [0.25, 0.3) is 5.69 Å². The Labute approximate surface area is 149 Å². The Morgan fingerprint density at radius 3 is 2.88 bits per heavy atom. The molecule has 7 heteroatoms. The fourth-order valence-electron chi connectivity index (χ4n) is 3.11. The third-order valence-corrected chi connectivity index (χ3v) is 5.56. The molecular formula is C18H18N4O2S. The topological polar surface area (TPSA) is 70.4 Å². The van der Waals surface area contributed by atoms with Gasteiger partial charge in [-0.05, 0) is 41.8 Å². The van der Waals surface area contributed by atoms with Crippen LogP contribution in [0.3, 0.4) is 0 Å². The smallest absolute Gasteiger partial charge is 0.284 e. The standard InChI is InChI=1S/C18H18N4O2S/c23-18(20-24)16-10-14-6-9-21(12-17(14)25-16)11-13-2-4-15(5-3-13)22-8-1-7-19-22/h1-5,7-8,10,24H,6,9,11-12H2,(H,20,23). The summed E-state index contributed by atoms with van der Waals surface area (Å²) in [6.07, 6.45) is 4.62. The van der Waals surface area contributed by atoms with Crippen molar-refractivity contribution in [1.29, 1.82) is 0 Å². The second-order valence-corrected chi connectivity index (χ2v) is 7.21. The molecule has 2 N–H and O–H groups in total. The molecule has 0 radical (unpaired) electrons. The van der Waals surface area contributed by atoms with Gasteiger partial charge in [0.25, 0.3) is 5.91 Å². The molecule has 1 aromatic carbocycles. The molecule has 3 aromatic rings. The minimum Gasteiger partial charge on any atom is -0.294 e. The van der Waals surface area contributed by atoms with Gasteiger partial charge < -0.3 is 0 Å². The van der Waals surface area contributed by atoms with Gasteiger partial charge in [-0.25, -0.2) is 10.2 Å². The Balaban J connectivity index is 1.44. The largest absolute Gasteiger partial charge is 0.294 e. The van der Waals surface area contributed by atoms with Crippen molar-refractivity contribution in [2.45, 2.75) is 19.5 Å². The van der Waals surface area contributed by atoms with Crippen LogP contribution in [0.5, 0.6) is 0 Å². The number of fused-ring (bicyclic) bond motifs is 1. The number of thiophene rings is 1. The zero-order valence-corrected chi connectivity index (χ0v) is 14.4. The first-order valence-electron chi connectivity index (χ1n) is 8.10. The quantitative estimate of drug-likeness (QED) is 0.558. The third kappa shape index (κ3) is 3.34. The number of aromatic nitrogens is 2. The molecule has 2 aromatic heterocycles. The summed E-state index contributed by atoms with van der Waals surface area (Å²) in [5, 5.41) is 13.0. The molecule has 0 atom stereocenters. The minimum absolute atomic E-state index is 0.430. The average Bonchev–Trinajstić information content (AvgIpc) is 3.31. The van der Waals surface area contributed by atoms with Gasteiger partial charge in [0.2, 0.25) is 0 Å². The Morgan fingerprint density at radius 1 is 1.32 bits per heavy atom. The van der Waals surface area contributed by atoms with Gasteiger partial charge in [-0.1, -0.05) is 12.1 Å². The molecule has 4 rings (SSSR count). The molecule has 0 saturated heterocycles. The molecule has 0 aliphatic carbocycles. The molecule has 1 aliphatic rings. The molecule has 3 heterocycles. The van der Waals surface area contributed by atoms with Gasteiger partial charge in [0, 0.05) is 36.9 Å². The zero-order chi connectivity index (χ0) is 17.2. The van der Waals surface area contributed by atoms with Crippen LogP contribution in [0.1, 0.15) is 25.7 Å². The maximum absolute atomic E-state index is 11.6. The van der Waals surface area contributed by atoms with Gasteiger partial charge in [0.1, 0.15) is 0 Å². The Morgan fingerprint density at radius 2 is 2.16 bits per heavy atom. The lowest BCUT2D eigenvalue weighted by atomic mass is 10.1. The summed E-state index contributed by atoms with van der Waals surface area (Å²) >= 11 is 1.46. The van der Waals surface area contributed by atoms with Crippen LogP contribution in [0.2, 0.25) is 0 Å². The molecule has 1 aliphatic heterocycles. The fourth-order valence-corrected chi connectivity index (χ4v) is 4.25. The van der Waals surface area contributed by atoms with E-state index in [4.69, 9.17) is 5.21 Å². The van der Waals surface area contributed by atoms with Crippen LogP contribution in [0, 0.1) is 0 Å². The van der Waals surface area contributed by atoms with Crippen molar-refractivity contribution in [2.24, 2.45) is 0 Å². The number of rotatable bonds is 4. The first-order valence-corrected chi connectivity index (χ1v) is 8.92. The predicted molar refractivity (Wildman–Crippen MR) is 95.0 cm³/mol. The molecule has 0 unspecified atom stereocenters. The van der Waals surface area contributed by atoms with Crippen molar-refractivity contribution in [3.63, 3.8) is 0 Å². The number of hydrogen-bond acceptors (Lipinski definition) is 5. The lowest BCUT2D eigenvalue weighted by Crippen LogP contribution is -2.28. The van der Waals surface area contributed by atoms with E-state index in [2.05, 4.69) is 34.3 Å². The van der Waals surface area contributed by atoms with E-state index in [0.29, 0.717) is 4.88 Å². The van der Waals surface area contributed by atoms with Crippen LogP contribution in [-0.2, 0) is 19.5 Å². The van der Waals surface area contributed by atoms with Gasteiger partial charge in [-0.2, -0.15) is 5.10 Å². The van der Waals surface area contributed by atoms with Crippen molar-refractivity contribution in [2.75, 3.05) is 6.54 Å². The second-order valence-electron chi connectivity index (χ2n) is 6.08. The summed E-state index contributed by atoms with van der Waals surface area (Å²) in [5.41, 5.74) is 5.23. The van der Waals surface area contributed by atoms with Crippen LogP contribution < -0.4 is 5.48 Å². The van der Waals surface area contributed by atoms with E-state index >= 15 is 0 Å². The van der Waals surface area contributed by atoms with Crippen molar-refractivity contribution in [3.05, 3.63) is 69.7 Å². The van der Waals surface area contributed by atoms with Crippen LogP contribution in [-0.4, -0.2) is 32.3 Å². The normalized spacial score (nSPS) is 14.3. The van der Waals surface area contributed by atoms with Crippen molar-refractivity contribution in [3.8, 4) is 5.69 Å². The highest BCUT2D eigenvalue weighted by molar-refractivity contribution is 7.14. The number of carbonyl (C=O) groups is 1. The summed E-state index contributed by atoms with van der Waals surface area (Å²) in [7, 11) is 0. The van der Waals surface area contributed by atoms with E-state index in [0.717, 1.165) is 31.7 Å². The molecule has 0 fully saturated rings. The summed E-state index contributed by atoms with van der Waals surface area (Å²) in [5.74, 6) is -0.430. The zero-order valence-electron chi connectivity index (χ0n) is 13.6. The van der Waals surface area contributed by atoms with E-state index in [-0.39, 0.29) is 0 Å². The Kier molecular flexibility index (Phi) is 4.35. The van der Waals surface area contributed by atoms with Gasteiger partial charge in [-0.15, -0.1) is 11.3 Å². The van der Waals surface area contributed by atoms with E-state index in [1.165, 1.54) is 27.3 Å². The molecule has 0 bridgehead atoms. The third-order valence-electron chi connectivity index (χ3n) is 4.40. The first kappa shape index (κ1) is 16.0. The maximum atomic E-state index is 11.6. The minimum atomic E-state index is -0.430. The van der Waals surface area contributed by atoms with Crippen molar-refractivity contribution in [1.82, 2.24) is 20.2 Å². The van der Waals surface area contributed by atoms with Crippen molar-refractivity contribution < 1.29 is 10.0 Å². The van der Waals surface area contributed by atoms with Gasteiger partial charge >= 0.3 is 0 Å². The molecule has 0 spiro atoms. The summed E-state index contributed by atoms with van der Waals surface area (Å²) < 4.78 is 1.84. The van der Waals surface area contributed by atoms with Crippen LogP contribution in [0.4, 0.5) is 0 Å². The lowest BCUT2D eigenvalue weighted by molar-refractivity contribution is 0.0711. The number of nitrogens with zero attached hydrogens (tertiary/aromatic N) is 3. The number of hydroxylamine groups is 1. The van der Waals surface area contributed by atoms with E-state index in [9.17, 15) is 4.79 Å². The molecule has 25 heavy (non-hydrogen) atoms. The van der Waals surface area contributed by atoms with Gasteiger partial charge in [0.05, 0.1) is 10.6 Å². The monoisotopic (exact) mass is 354 g/mol. The van der Waals surface area contributed by atoms with Gasteiger partial charge in [0.15, 0.2) is 0 Å². The van der Waals surface area contributed by atoms with E-state index in [1.54, 1.807) is 11.7 Å². The maximum Gasteiger partial charge on any atom is 0.284 e. The van der Waals surface area contributed by atoms with Crippen LogP contribution >= 0.6 is 11.3 Å². The second kappa shape index (κ2) is 6.79. The molecule has 0 saturated carbocycles. The number of nitrogens with one attached hydrogen (secondary N) is 1. The average molecular weight is 354 g/mol. The summed E-state index contributed by atoms with van der Waals surface area (Å²) in [6.45, 7) is 2.67. The van der Waals surface area contributed by atoms with Gasteiger partial charge in [-0.3, -0.25) is 14.9 Å². The highest BCUT2D eigenvalue weighted by Crippen LogP contribution is 2.29. The number of hydrogen-bond donors (Lipinski definition) is 2. The Hall–Kier alpha value is -2.48. The molecule has 1 amide bonds. The highest BCUT2D eigenvalue weighted by atomic mass is 32.1. The Bertz CT molecular complexity index is 871. The van der Waals surface area contributed by atoms with Crippen molar-refractivity contribution >= 4 is 17.2 Å². The fraction of sp³-hybridized carbons (Fsp3) is 0.222. The van der Waals surface area contributed by atoms with E-state index in [1.807, 2.05) is 23.0 Å². The predicted octanol–water partition coefficient (Wildman–Crippen LogP) is 2.61. The summed E-state index contributed by atoms with van der Waals surface area (Å²) in [4.78, 5) is 15.7. The highest BCUT2D eigenvalue weighted by Gasteiger charge is 2.21. The molecule has 128 valence electrons. The SMILES string of the molecule is O=C(NO)c1cc2c(s1)CN(Cc1ccc(-n3cccn3)cc1)CC2. The first-order chi connectivity index (χ1) is 12.2. The number of benzene rings is 1. The van der Waals surface area contributed by atoms with E-state index < -0.39 is 5.91 Å². The number of amides is 1. The lowest BCUT2D eigenvalue weighted by Gasteiger charge is -2.26.